The van der Waals surface area contributed by atoms with Gasteiger partial charge in [0.15, 0.2) is 0 Å². The van der Waals surface area contributed by atoms with Gasteiger partial charge < -0.3 is 15.2 Å². The minimum Gasteiger partial charge on any atom is -0.506 e. The Kier molecular flexibility index (Phi) is 3.10. The molecule has 1 aromatic rings. The summed E-state index contributed by atoms with van der Waals surface area (Å²) in [6.45, 7) is 0. The second kappa shape index (κ2) is 4.90. The van der Waals surface area contributed by atoms with E-state index in [1.54, 1.807) is 19.2 Å². The third-order valence-electron chi connectivity index (χ3n) is 5.97. The third kappa shape index (κ3) is 2.16. The van der Waals surface area contributed by atoms with Crippen LogP contribution in [0, 0.1) is 23.2 Å². The minimum atomic E-state index is -0.193. The van der Waals surface area contributed by atoms with Gasteiger partial charge in [-0.25, -0.2) is 0 Å². The number of methoxy groups -OCH3 is 1. The molecule has 22 heavy (non-hydrogen) atoms. The summed E-state index contributed by atoms with van der Waals surface area (Å²) < 4.78 is 5.08. The number of nitrogens with one attached hydrogen (secondary N) is 1. The molecule has 4 heteroatoms. The summed E-state index contributed by atoms with van der Waals surface area (Å²) in [5.74, 6) is 2.97. The Balaban J connectivity index is 1.55. The van der Waals surface area contributed by atoms with Crippen molar-refractivity contribution in [3.05, 3.63) is 18.2 Å². The highest BCUT2D eigenvalue weighted by molar-refractivity contribution is 5.96. The third-order valence-corrected chi connectivity index (χ3v) is 5.97. The van der Waals surface area contributed by atoms with E-state index in [0.29, 0.717) is 11.4 Å². The lowest BCUT2D eigenvalue weighted by Gasteiger charge is -2.55. The number of rotatable bonds is 3. The predicted octanol–water partition coefficient (Wildman–Crippen LogP) is 3.56. The van der Waals surface area contributed by atoms with Gasteiger partial charge in [0.05, 0.1) is 18.2 Å². The van der Waals surface area contributed by atoms with Crippen molar-refractivity contribution in [1.29, 1.82) is 0 Å². The van der Waals surface area contributed by atoms with E-state index in [1.807, 2.05) is 0 Å². The van der Waals surface area contributed by atoms with E-state index in [1.165, 1.54) is 25.3 Å². The lowest BCUT2D eigenvalue weighted by atomic mass is 9.49. The molecule has 4 nitrogen and oxygen atoms in total. The van der Waals surface area contributed by atoms with Crippen molar-refractivity contribution in [2.24, 2.45) is 23.2 Å². The standard InChI is InChI=1S/C18H23NO3/c1-22-14-2-3-15(16(20)7-14)19-17(21)18-8-11-4-12(9-18)6-13(5-11)10-18/h2-3,7,11-13,20H,4-6,8-10H2,1H3,(H,19,21). The highest BCUT2D eigenvalue weighted by atomic mass is 16.5. The van der Waals surface area contributed by atoms with Gasteiger partial charge in [0.25, 0.3) is 0 Å². The van der Waals surface area contributed by atoms with Gasteiger partial charge in [0.2, 0.25) is 5.91 Å². The Morgan fingerprint density at radius 3 is 2.27 bits per heavy atom. The predicted molar refractivity (Wildman–Crippen MR) is 83.9 cm³/mol. The molecule has 0 atom stereocenters. The zero-order chi connectivity index (χ0) is 15.3. The highest BCUT2D eigenvalue weighted by Gasteiger charge is 2.54. The van der Waals surface area contributed by atoms with Crippen LogP contribution in [0.3, 0.4) is 0 Å². The Morgan fingerprint density at radius 1 is 1.18 bits per heavy atom. The van der Waals surface area contributed by atoms with Crippen molar-refractivity contribution in [3.63, 3.8) is 0 Å². The van der Waals surface area contributed by atoms with Crippen LogP contribution in [0.1, 0.15) is 38.5 Å². The first-order valence-electron chi connectivity index (χ1n) is 8.26. The van der Waals surface area contributed by atoms with Crippen LogP contribution in [-0.4, -0.2) is 18.1 Å². The van der Waals surface area contributed by atoms with Gasteiger partial charge in [-0.1, -0.05) is 0 Å². The molecule has 4 aliphatic rings. The fraction of sp³-hybridized carbons (Fsp3) is 0.611. The van der Waals surface area contributed by atoms with Crippen LogP contribution in [0.25, 0.3) is 0 Å². The van der Waals surface area contributed by atoms with Crippen molar-refractivity contribution < 1.29 is 14.6 Å². The van der Waals surface area contributed by atoms with Gasteiger partial charge >= 0.3 is 0 Å². The lowest BCUT2D eigenvalue weighted by Crippen LogP contribution is -2.51. The number of amides is 1. The van der Waals surface area contributed by atoms with Crippen LogP contribution in [0.5, 0.6) is 11.5 Å². The minimum absolute atomic E-state index is 0.0671. The number of phenolic OH excluding ortho intramolecular Hbond substituents is 1. The number of benzene rings is 1. The summed E-state index contributed by atoms with van der Waals surface area (Å²) in [7, 11) is 1.56. The second-order valence-electron chi connectivity index (χ2n) is 7.54. The summed E-state index contributed by atoms with van der Waals surface area (Å²) in [6, 6.07) is 5.01. The van der Waals surface area contributed by atoms with Crippen LogP contribution in [-0.2, 0) is 4.79 Å². The Labute approximate surface area is 130 Å². The zero-order valence-corrected chi connectivity index (χ0v) is 13.0. The maximum Gasteiger partial charge on any atom is 0.230 e. The van der Waals surface area contributed by atoms with Crippen LogP contribution in [0.4, 0.5) is 5.69 Å². The average molecular weight is 301 g/mol. The monoisotopic (exact) mass is 301 g/mol. The molecule has 4 saturated carbocycles. The van der Waals surface area contributed by atoms with E-state index in [4.69, 9.17) is 4.74 Å². The van der Waals surface area contributed by atoms with Crippen molar-refractivity contribution in [1.82, 2.24) is 0 Å². The van der Waals surface area contributed by atoms with Gasteiger partial charge in [0.1, 0.15) is 11.5 Å². The van der Waals surface area contributed by atoms with E-state index in [2.05, 4.69) is 5.32 Å². The number of aromatic hydroxyl groups is 1. The zero-order valence-electron chi connectivity index (χ0n) is 13.0. The maximum absolute atomic E-state index is 12.9. The average Bonchev–Trinajstić information content (AvgIpc) is 2.47. The van der Waals surface area contributed by atoms with E-state index in [-0.39, 0.29) is 17.1 Å². The molecule has 4 bridgehead atoms. The number of carbonyl (C=O) groups excluding carboxylic acids is 1. The first kappa shape index (κ1) is 13.9. The molecular formula is C18H23NO3. The number of ether oxygens (including phenoxy) is 1. The molecule has 5 rings (SSSR count). The topological polar surface area (TPSA) is 58.6 Å². The fourth-order valence-corrected chi connectivity index (χ4v) is 5.39. The van der Waals surface area contributed by atoms with Crippen LogP contribution >= 0.6 is 0 Å². The number of hydrogen-bond acceptors (Lipinski definition) is 3. The molecule has 4 fully saturated rings. The SMILES string of the molecule is COc1ccc(NC(=O)C23CC4CC(CC(C4)C2)C3)c(O)c1. The van der Waals surface area contributed by atoms with E-state index >= 15 is 0 Å². The summed E-state index contributed by atoms with van der Waals surface area (Å²) in [4.78, 5) is 12.9. The quantitative estimate of drug-likeness (QED) is 0.839. The number of phenols is 1. The van der Waals surface area contributed by atoms with E-state index in [9.17, 15) is 9.90 Å². The molecule has 0 saturated heterocycles. The molecule has 2 N–H and O–H groups in total. The Morgan fingerprint density at radius 2 is 1.77 bits per heavy atom. The molecule has 1 amide bonds. The van der Waals surface area contributed by atoms with Crippen LogP contribution in [0.2, 0.25) is 0 Å². The smallest absolute Gasteiger partial charge is 0.230 e. The van der Waals surface area contributed by atoms with Crippen LogP contribution in [0.15, 0.2) is 18.2 Å². The lowest BCUT2D eigenvalue weighted by molar-refractivity contribution is -0.140. The number of anilines is 1. The summed E-state index contributed by atoms with van der Waals surface area (Å²) in [5.41, 5.74) is 0.294. The van der Waals surface area contributed by atoms with Crippen molar-refractivity contribution in [3.8, 4) is 11.5 Å². The molecule has 0 heterocycles. The molecule has 4 aliphatic carbocycles. The largest absolute Gasteiger partial charge is 0.506 e. The molecule has 0 aliphatic heterocycles. The summed E-state index contributed by atoms with van der Waals surface area (Å²) >= 11 is 0. The molecule has 0 unspecified atom stereocenters. The Hall–Kier alpha value is -1.71. The first-order chi connectivity index (χ1) is 10.6. The molecular weight excluding hydrogens is 278 g/mol. The second-order valence-corrected chi connectivity index (χ2v) is 7.54. The normalized spacial score (nSPS) is 35.4. The summed E-state index contributed by atoms with van der Waals surface area (Å²) in [5, 5.41) is 13.0. The molecule has 0 spiro atoms. The van der Waals surface area contributed by atoms with Gasteiger partial charge in [-0.3, -0.25) is 4.79 Å². The first-order valence-corrected chi connectivity index (χ1v) is 8.26. The maximum atomic E-state index is 12.9. The summed E-state index contributed by atoms with van der Waals surface area (Å²) in [6.07, 6.45) is 7.05. The van der Waals surface area contributed by atoms with Crippen molar-refractivity contribution >= 4 is 11.6 Å². The van der Waals surface area contributed by atoms with Gasteiger partial charge in [-0.05, 0) is 68.4 Å². The van der Waals surface area contributed by atoms with Gasteiger partial charge in [-0.2, -0.15) is 0 Å². The molecule has 1 aromatic carbocycles. The van der Waals surface area contributed by atoms with Gasteiger partial charge in [-0.15, -0.1) is 0 Å². The van der Waals surface area contributed by atoms with Crippen molar-refractivity contribution in [2.75, 3.05) is 12.4 Å². The van der Waals surface area contributed by atoms with Crippen LogP contribution < -0.4 is 10.1 Å². The van der Waals surface area contributed by atoms with E-state index in [0.717, 1.165) is 37.0 Å². The molecule has 118 valence electrons. The number of hydrogen-bond donors (Lipinski definition) is 2. The molecule has 0 aromatic heterocycles. The fourth-order valence-electron chi connectivity index (χ4n) is 5.39. The van der Waals surface area contributed by atoms with Crippen molar-refractivity contribution in [2.45, 2.75) is 38.5 Å². The van der Waals surface area contributed by atoms with E-state index < -0.39 is 0 Å². The number of carbonyl (C=O) groups is 1. The highest BCUT2D eigenvalue weighted by Crippen LogP contribution is 2.60. The van der Waals surface area contributed by atoms with Gasteiger partial charge in [0, 0.05) is 6.07 Å². The Bertz CT molecular complexity index is 575. The molecule has 0 radical (unpaired) electrons.